The third-order valence-electron chi connectivity index (χ3n) is 7.67. The number of rotatable bonds is 5. The first-order valence-corrected chi connectivity index (χ1v) is 14.9. The molecule has 0 bridgehead atoms. The number of aromatic nitrogens is 4. The molecule has 0 aliphatic carbocycles. The van der Waals surface area contributed by atoms with Gasteiger partial charge < -0.3 is 13.7 Å². The topological polar surface area (TPSA) is 71.3 Å². The van der Waals surface area contributed by atoms with E-state index in [1.165, 1.54) is 0 Å². The second-order valence-corrected chi connectivity index (χ2v) is 16.5. The van der Waals surface area contributed by atoms with Crippen molar-refractivity contribution in [2.75, 3.05) is 0 Å². The third kappa shape index (κ3) is 4.46. The maximum Gasteiger partial charge on any atom is 0.494 e. The fourth-order valence-corrected chi connectivity index (χ4v) is 5.05. The summed E-state index contributed by atoms with van der Waals surface area (Å²) in [6.45, 7) is 21.5. The Morgan fingerprint density at radius 3 is 2.32 bits per heavy atom. The molecule has 0 spiro atoms. The van der Waals surface area contributed by atoms with Crippen LogP contribution in [0.15, 0.2) is 36.7 Å². The zero-order chi connectivity index (χ0) is 25.1. The molecule has 0 amide bonds. The highest BCUT2D eigenvalue weighted by Crippen LogP contribution is 2.39. The summed E-state index contributed by atoms with van der Waals surface area (Å²) in [6, 6.07) is 8.04. The third-order valence-corrected chi connectivity index (χ3v) is 12.2. The molecule has 1 atom stereocenters. The number of benzene rings is 1. The molecule has 1 fully saturated rings. The Balaban J connectivity index is 1.66. The maximum absolute atomic E-state index is 6.56. The average molecular weight is 480 g/mol. The Kier molecular flexibility index (Phi) is 6.08. The molecule has 3 aromatic rings. The van der Waals surface area contributed by atoms with E-state index in [-0.39, 0.29) is 11.1 Å². The van der Waals surface area contributed by atoms with Crippen molar-refractivity contribution in [1.82, 2.24) is 19.7 Å². The van der Waals surface area contributed by atoms with Crippen molar-refractivity contribution >= 4 is 31.8 Å². The average Bonchev–Trinajstić information content (AvgIpc) is 3.24. The molecule has 34 heavy (non-hydrogen) atoms. The molecule has 1 aliphatic rings. The Bertz CT molecular complexity index is 1190. The molecule has 4 rings (SSSR count). The minimum atomic E-state index is -1.94. The van der Waals surface area contributed by atoms with E-state index >= 15 is 0 Å². The molecule has 1 unspecified atom stereocenters. The first-order chi connectivity index (χ1) is 15.6. The largest absolute Gasteiger partial charge is 0.494 e. The molecule has 1 aliphatic heterocycles. The Hall–Kier alpha value is -2.07. The summed E-state index contributed by atoms with van der Waals surface area (Å²) >= 11 is 0. The molecule has 182 valence electrons. The van der Waals surface area contributed by atoms with Gasteiger partial charge in [0.05, 0.1) is 34.7 Å². The van der Waals surface area contributed by atoms with Crippen LogP contribution in [-0.4, -0.2) is 46.4 Å². The lowest BCUT2D eigenvalue weighted by atomic mass is 9.79. The van der Waals surface area contributed by atoms with Crippen LogP contribution in [0, 0.1) is 0 Å². The lowest BCUT2D eigenvalue weighted by Crippen LogP contribution is -2.41. The standard InChI is InChI=1S/C25H37BN4O3Si/c1-17(31-34(9,10)23(2,3)4)20-13-14-27-22(29-20)30-21-15-19(12-11-18(21)16-28-30)26-32-24(5,6)25(7,8)33-26/h11-17H,1-10H3. The fourth-order valence-electron chi connectivity index (χ4n) is 3.69. The molecule has 0 N–H and O–H groups in total. The maximum atomic E-state index is 6.56. The van der Waals surface area contributed by atoms with Crippen molar-refractivity contribution in [3.05, 3.63) is 42.4 Å². The highest BCUT2D eigenvalue weighted by atomic mass is 28.4. The van der Waals surface area contributed by atoms with Crippen LogP contribution in [0.4, 0.5) is 0 Å². The second kappa shape index (κ2) is 8.26. The van der Waals surface area contributed by atoms with E-state index < -0.39 is 26.6 Å². The Morgan fingerprint density at radius 2 is 1.71 bits per heavy atom. The smallest absolute Gasteiger partial charge is 0.409 e. The summed E-state index contributed by atoms with van der Waals surface area (Å²) in [5.74, 6) is 0.518. The van der Waals surface area contributed by atoms with Gasteiger partial charge in [0.2, 0.25) is 0 Å². The van der Waals surface area contributed by atoms with Crippen molar-refractivity contribution in [2.24, 2.45) is 0 Å². The normalized spacial score (nSPS) is 19.1. The first-order valence-electron chi connectivity index (χ1n) is 12.0. The summed E-state index contributed by atoms with van der Waals surface area (Å²) in [5, 5.41) is 5.71. The first kappa shape index (κ1) is 25.0. The van der Waals surface area contributed by atoms with Crippen LogP contribution in [0.3, 0.4) is 0 Å². The van der Waals surface area contributed by atoms with Crippen LogP contribution in [0.25, 0.3) is 16.9 Å². The lowest BCUT2D eigenvalue weighted by Gasteiger charge is -2.38. The predicted molar refractivity (Wildman–Crippen MR) is 139 cm³/mol. The van der Waals surface area contributed by atoms with Gasteiger partial charge in [-0.25, -0.2) is 9.97 Å². The van der Waals surface area contributed by atoms with Gasteiger partial charge in [0.1, 0.15) is 0 Å². The van der Waals surface area contributed by atoms with Gasteiger partial charge in [-0.15, -0.1) is 0 Å². The minimum Gasteiger partial charge on any atom is -0.409 e. The van der Waals surface area contributed by atoms with E-state index in [1.807, 2.05) is 24.4 Å². The van der Waals surface area contributed by atoms with E-state index in [0.717, 1.165) is 22.1 Å². The van der Waals surface area contributed by atoms with Crippen molar-refractivity contribution in [3.8, 4) is 5.95 Å². The van der Waals surface area contributed by atoms with Crippen molar-refractivity contribution in [2.45, 2.75) is 90.8 Å². The van der Waals surface area contributed by atoms with E-state index in [9.17, 15) is 0 Å². The molecule has 3 heterocycles. The predicted octanol–water partition coefficient (Wildman–Crippen LogP) is 5.20. The molecule has 9 heteroatoms. The van der Waals surface area contributed by atoms with Crippen LogP contribution in [-0.2, 0) is 13.7 Å². The highest BCUT2D eigenvalue weighted by Gasteiger charge is 2.51. The van der Waals surface area contributed by atoms with E-state index in [0.29, 0.717) is 5.95 Å². The molecule has 2 aromatic heterocycles. The van der Waals surface area contributed by atoms with Crippen molar-refractivity contribution < 1.29 is 13.7 Å². The number of fused-ring (bicyclic) bond motifs is 1. The van der Waals surface area contributed by atoms with E-state index in [1.54, 1.807) is 10.9 Å². The molecule has 0 radical (unpaired) electrons. The second-order valence-electron chi connectivity index (χ2n) is 11.8. The van der Waals surface area contributed by atoms with E-state index in [2.05, 4.69) is 84.6 Å². The summed E-state index contributed by atoms with van der Waals surface area (Å²) in [4.78, 5) is 9.34. The summed E-state index contributed by atoms with van der Waals surface area (Å²) in [7, 11) is -2.38. The fraction of sp³-hybridized carbons (Fsp3) is 0.560. The summed E-state index contributed by atoms with van der Waals surface area (Å²) in [5.41, 5.74) is 1.90. The highest BCUT2D eigenvalue weighted by molar-refractivity contribution is 6.74. The van der Waals surface area contributed by atoms with Gasteiger partial charge in [0, 0.05) is 11.6 Å². The summed E-state index contributed by atoms with van der Waals surface area (Å²) in [6.07, 6.45) is 3.47. The lowest BCUT2D eigenvalue weighted by molar-refractivity contribution is 0.00578. The van der Waals surface area contributed by atoms with Crippen LogP contribution in [0.5, 0.6) is 0 Å². The zero-order valence-corrected chi connectivity index (χ0v) is 23.1. The van der Waals surface area contributed by atoms with Gasteiger partial charge in [-0.05, 0) is 70.3 Å². The van der Waals surface area contributed by atoms with Crippen LogP contribution < -0.4 is 5.46 Å². The molecule has 7 nitrogen and oxygen atoms in total. The van der Waals surface area contributed by atoms with E-state index in [4.69, 9.17) is 18.7 Å². The van der Waals surface area contributed by atoms with Crippen LogP contribution in [0.2, 0.25) is 18.1 Å². The Morgan fingerprint density at radius 1 is 1.06 bits per heavy atom. The molecular formula is C25H37BN4O3Si. The van der Waals surface area contributed by atoms with Gasteiger partial charge in [-0.1, -0.05) is 32.9 Å². The van der Waals surface area contributed by atoms with Crippen LogP contribution >= 0.6 is 0 Å². The minimum absolute atomic E-state index is 0.124. The Labute approximate surface area is 204 Å². The number of hydrogen-bond donors (Lipinski definition) is 0. The van der Waals surface area contributed by atoms with Gasteiger partial charge in [0.25, 0.3) is 5.95 Å². The van der Waals surface area contributed by atoms with Crippen LogP contribution in [0.1, 0.15) is 67.2 Å². The van der Waals surface area contributed by atoms with Gasteiger partial charge >= 0.3 is 7.12 Å². The van der Waals surface area contributed by atoms with Gasteiger partial charge in [0.15, 0.2) is 8.32 Å². The monoisotopic (exact) mass is 480 g/mol. The quantitative estimate of drug-likeness (QED) is 0.468. The molecule has 0 saturated carbocycles. The molecule has 1 saturated heterocycles. The summed E-state index contributed by atoms with van der Waals surface area (Å²) < 4.78 is 20.8. The number of hydrogen-bond acceptors (Lipinski definition) is 6. The van der Waals surface area contributed by atoms with Crippen molar-refractivity contribution in [3.63, 3.8) is 0 Å². The molecular weight excluding hydrogens is 443 g/mol. The zero-order valence-electron chi connectivity index (χ0n) is 22.1. The van der Waals surface area contributed by atoms with Gasteiger partial charge in [-0.3, -0.25) is 0 Å². The SMILES string of the molecule is CC(O[Si](C)(C)C(C)(C)C)c1ccnc(-n2ncc3ccc(B4OC(C)(C)C(C)(C)O4)cc32)n1. The van der Waals surface area contributed by atoms with Gasteiger partial charge in [-0.2, -0.15) is 9.78 Å². The number of nitrogens with zero attached hydrogens (tertiary/aromatic N) is 4. The molecule has 1 aromatic carbocycles. The van der Waals surface area contributed by atoms with Crippen molar-refractivity contribution in [1.29, 1.82) is 0 Å².